The molecule has 2 aromatic rings. The van der Waals surface area contributed by atoms with Gasteiger partial charge in [-0.25, -0.2) is 0 Å². The van der Waals surface area contributed by atoms with Gasteiger partial charge in [-0.1, -0.05) is 60.7 Å². The molecule has 0 aliphatic carbocycles. The maximum atomic E-state index is 12.6. The largest absolute Gasteiger partial charge is 0.356 e. The highest BCUT2D eigenvalue weighted by Gasteiger charge is 2.31. The summed E-state index contributed by atoms with van der Waals surface area (Å²) in [4.78, 5) is 29.8. The van der Waals surface area contributed by atoms with E-state index in [9.17, 15) is 9.59 Å². The molecule has 2 saturated heterocycles. The van der Waals surface area contributed by atoms with Crippen molar-refractivity contribution in [3.63, 3.8) is 0 Å². The SMILES string of the molecule is O=C(NCCc1ccccc1)C1CCN(C2CCN(C(=O)CCc3ccccc3)CC2)CC1. The average molecular weight is 448 g/mol. The Labute approximate surface area is 198 Å². The van der Waals surface area contributed by atoms with E-state index in [0.29, 0.717) is 19.0 Å². The lowest BCUT2D eigenvalue weighted by atomic mass is 9.92. The quantitative estimate of drug-likeness (QED) is 0.672. The molecule has 2 aliphatic rings. The number of carbonyl (C=O) groups excluding carboxylic acids is 2. The van der Waals surface area contributed by atoms with E-state index < -0.39 is 0 Å². The first-order valence-electron chi connectivity index (χ1n) is 12.6. The van der Waals surface area contributed by atoms with Crippen molar-refractivity contribution < 1.29 is 9.59 Å². The van der Waals surface area contributed by atoms with E-state index in [2.05, 4.69) is 34.5 Å². The Morgan fingerprint density at radius 3 is 1.94 bits per heavy atom. The molecule has 2 aliphatic heterocycles. The van der Waals surface area contributed by atoms with Crippen LogP contribution in [0.15, 0.2) is 60.7 Å². The Kier molecular flexibility index (Phi) is 8.53. The van der Waals surface area contributed by atoms with Gasteiger partial charge < -0.3 is 15.1 Å². The molecule has 0 radical (unpaired) electrons. The number of aryl methyl sites for hydroxylation is 1. The van der Waals surface area contributed by atoms with Gasteiger partial charge in [0.2, 0.25) is 11.8 Å². The van der Waals surface area contributed by atoms with Gasteiger partial charge in [-0.05, 0) is 62.7 Å². The van der Waals surface area contributed by atoms with Crippen LogP contribution in [-0.4, -0.2) is 60.4 Å². The van der Waals surface area contributed by atoms with Crippen LogP contribution in [0.1, 0.15) is 43.2 Å². The molecule has 0 unspecified atom stereocenters. The minimum Gasteiger partial charge on any atom is -0.356 e. The Morgan fingerprint density at radius 1 is 0.758 bits per heavy atom. The smallest absolute Gasteiger partial charge is 0.223 e. The first kappa shape index (κ1) is 23.5. The molecule has 33 heavy (non-hydrogen) atoms. The van der Waals surface area contributed by atoms with E-state index in [1.165, 1.54) is 11.1 Å². The molecule has 4 rings (SSSR count). The molecule has 0 saturated carbocycles. The molecule has 0 aromatic heterocycles. The second kappa shape index (κ2) is 12.0. The van der Waals surface area contributed by atoms with Crippen LogP contribution >= 0.6 is 0 Å². The van der Waals surface area contributed by atoms with E-state index >= 15 is 0 Å². The number of rotatable bonds is 8. The van der Waals surface area contributed by atoms with Gasteiger partial charge in [0.1, 0.15) is 0 Å². The number of amides is 2. The summed E-state index contributed by atoms with van der Waals surface area (Å²) >= 11 is 0. The fraction of sp³-hybridized carbons (Fsp3) is 0.500. The number of carbonyl (C=O) groups is 2. The van der Waals surface area contributed by atoms with Crippen molar-refractivity contribution in [1.29, 1.82) is 0 Å². The molecular weight excluding hydrogens is 410 g/mol. The summed E-state index contributed by atoms with van der Waals surface area (Å²) in [6.07, 6.45) is 6.27. The zero-order valence-electron chi connectivity index (χ0n) is 19.6. The maximum absolute atomic E-state index is 12.6. The molecule has 2 aromatic carbocycles. The van der Waals surface area contributed by atoms with Gasteiger partial charge in [-0.2, -0.15) is 0 Å². The second-order valence-electron chi connectivity index (χ2n) is 9.43. The highest BCUT2D eigenvalue weighted by molar-refractivity contribution is 5.78. The molecule has 0 atom stereocenters. The molecule has 2 fully saturated rings. The van der Waals surface area contributed by atoms with Gasteiger partial charge in [-0.3, -0.25) is 9.59 Å². The normalized spacial score (nSPS) is 18.2. The Hall–Kier alpha value is -2.66. The summed E-state index contributed by atoms with van der Waals surface area (Å²) in [5.74, 6) is 0.629. The lowest BCUT2D eigenvalue weighted by Crippen LogP contribution is -2.50. The standard InChI is InChI=1S/C28H37N3O2/c32-27(12-11-23-7-3-1-4-8-23)31-21-16-26(17-22-31)30-19-14-25(15-20-30)28(33)29-18-13-24-9-5-2-6-10-24/h1-10,25-26H,11-22H2,(H,29,33). The topological polar surface area (TPSA) is 52.7 Å². The molecule has 5 heteroatoms. The van der Waals surface area contributed by atoms with Crippen LogP contribution in [0, 0.1) is 5.92 Å². The molecule has 2 heterocycles. The fourth-order valence-electron chi connectivity index (χ4n) is 5.18. The fourth-order valence-corrected chi connectivity index (χ4v) is 5.18. The predicted octanol–water partition coefficient (Wildman–Crippen LogP) is 3.68. The number of nitrogens with zero attached hydrogens (tertiary/aromatic N) is 2. The molecule has 176 valence electrons. The molecule has 0 spiro atoms. The van der Waals surface area contributed by atoms with Crippen molar-refractivity contribution in [2.45, 2.75) is 51.0 Å². The van der Waals surface area contributed by atoms with Crippen LogP contribution in [0.5, 0.6) is 0 Å². The van der Waals surface area contributed by atoms with E-state index in [-0.39, 0.29) is 17.7 Å². The van der Waals surface area contributed by atoms with Crippen LogP contribution in [0.25, 0.3) is 0 Å². The van der Waals surface area contributed by atoms with Crippen molar-refractivity contribution in [3.8, 4) is 0 Å². The Balaban J connectivity index is 1.12. The van der Waals surface area contributed by atoms with Crippen molar-refractivity contribution in [1.82, 2.24) is 15.1 Å². The average Bonchev–Trinajstić information content (AvgIpc) is 2.88. The zero-order valence-corrected chi connectivity index (χ0v) is 19.6. The van der Waals surface area contributed by atoms with Crippen LogP contribution in [-0.2, 0) is 22.4 Å². The van der Waals surface area contributed by atoms with Crippen molar-refractivity contribution in [3.05, 3.63) is 71.8 Å². The summed E-state index contributed by atoms with van der Waals surface area (Å²) in [5, 5.41) is 3.14. The number of likely N-dealkylation sites (tertiary alicyclic amines) is 2. The number of hydrogen-bond acceptors (Lipinski definition) is 3. The van der Waals surface area contributed by atoms with Crippen molar-refractivity contribution in [2.75, 3.05) is 32.7 Å². The zero-order chi connectivity index (χ0) is 22.9. The molecule has 5 nitrogen and oxygen atoms in total. The Morgan fingerprint density at radius 2 is 1.33 bits per heavy atom. The van der Waals surface area contributed by atoms with E-state index in [4.69, 9.17) is 0 Å². The van der Waals surface area contributed by atoms with Gasteiger partial charge >= 0.3 is 0 Å². The second-order valence-corrected chi connectivity index (χ2v) is 9.43. The van der Waals surface area contributed by atoms with Gasteiger partial charge in [-0.15, -0.1) is 0 Å². The number of nitrogens with one attached hydrogen (secondary N) is 1. The Bertz CT molecular complexity index is 871. The predicted molar refractivity (Wildman–Crippen MR) is 132 cm³/mol. The highest BCUT2D eigenvalue weighted by atomic mass is 16.2. The number of benzene rings is 2. The van der Waals surface area contributed by atoms with Gasteiger partial charge in [0.25, 0.3) is 0 Å². The van der Waals surface area contributed by atoms with E-state index in [0.717, 1.165) is 64.7 Å². The van der Waals surface area contributed by atoms with Crippen LogP contribution < -0.4 is 5.32 Å². The number of piperidine rings is 2. The monoisotopic (exact) mass is 447 g/mol. The molecular formula is C28H37N3O2. The molecule has 2 amide bonds. The molecule has 0 bridgehead atoms. The summed E-state index contributed by atoms with van der Waals surface area (Å²) in [6, 6.07) is 21.1. The third kappa shape index (κ3) is 6.91. The summed E-state index contributed by atoms with van der Waals surface area (Å²) < 4.78 is 0. The minimum atomic E-state index is 0.136. The highest BCUT2D eigenvalue weighted by Crippen LogP contribution is 2.24. The third-order valence-corrected chi connectivity index (χ3v) is 7.26. The van der Waals surface area contributed by atoms with Gasteiger partial charge in [0.05, 0.1) is 0 Å². The third-order valence-electron chi connectivity index (χ3n) is 7.26. The number of hydrogen-bond donors (Lipinski definition) is 1. The first-order chi connectivity index (χ1) is 16.2. The summed E-state index contributed by atoms with van der Waals surface area (Å²) in [5.41, 5.74) is 2.49. The van der Waals surface area contributed by atoms with Crippen LogP contribution in [0.4, 0.5) is 0 Å². The first-order valence-corrected chi connectivity index (χ1v) is 12.6. The van der Waals surface area contributed by atoms with Crippen LogP contribution in [0.3, 0.4) is 0 Å². The van der Waals surface area contributed by atoms with Crippen molar-refractivity contribution >= 4 is 11.8 Å². The maximum Gasteiger partial charge on any atom is 0.223 e. The van der Waals surface area contributed by atoms with E-state index in [1.54, 1.807) is 0 Å². The van der Waals surface area contributed by atoms with Gasteiger partial charge in [0, 0.05) is 38.0 Å². The van der Waals surface area contributed by atoms with Crippen molar-refractivity contribution in [2.24, 2.45) is 5.92 Å². The van der Waals surface area contributed by atoms with E-state index in [1.807, 2.05) is 41.3 Å². The molecule has 1 N–H and O–H groups in total. The lowest BCUT2D eigenvalue weighted by Gasteiger charge is -2.41. The minimum absolute atomic E-state index is 0.136. The lowest BCUT2D eigenvalue weighted by molar-refractivity contribution is -0.133. The van der Waals surface area contributed by atoms with Crippen LogP contribution in [0.2, 0.25) is 0 Å². The summed E-state index contributed by atoms with van der Waals surface area (Å²) in [6.45, 7) is 4.41. The van der Waals surface area contributed by atoms with Gasteiger partial charge in [0.15, 0.2) is 0 Å². The summed E-state index contributed by atoms with van der Waals surface area (Å²) in [7, 11) is 0.